The molecule has 0 amide bonds. The van der Waals surface area contributed by atoms with Crippen LogP contribution in [0, 0.1) is 13.8 Å². The maximum absolute atomic E-state index is 12.3. The highest BCUT2D eigenvalue weighted by Crippen LogP contribution is 2.29. The first-order valence-electron chi connectivity index (χ1n) is 6.13. The van der Waals surface area contributed by atoms with E-state index < -0.39 is 10.0 Å². The van der Waals surface area contributed by atoms with Crippen molar-refractivity contribution in [2.75, 3.05) is 4.72 Å². The van der Waals surface area contributed by atoms with Gasteiger partial charge in [-0.25, -0.2) is 8.42 Å². The van der Waals surface area contributed by atoms with Gasteiger partial charge in [0, 0.05) is 11.1 Å². The molecule has 3 rings (SSSR count). The monoisotopic (exact) mass is 306 g/mol. The molecule has 0 spiro atoms. The Morgan fingerprint density at radius 3 is 2.65 bits per heavy atom. The first-order valence-corrected chi connectivity index (χ1v) is 8.49. The van der Waals surface area contributed by atoms with Crippen molar-refractivity contribution in [1.29, 1.82) is 0 Å². The van der Waals surface area contributed by atoms with Crippen LogP contribution in [0.5, 0.6) is 0 Å². The molecule has 4 nitrogen and oxygen atoms in total. The van der Waals surface area contributed by atoms with Gasteiger partial charge in [-0.15, -0.1) is 11.3 Å². The molecular formula is C14H14N2O2S2. The summed E-state index contributed by atoms with van der Waals surface area (Å²) in [6.45, 7) is 4.00. The summed E-state index contributed by atoms with van der Waals surface area (Å²) >= 11 is 1.20. The lowest BCUT2D eigenvalue weighted by Crippen LogP contribution is -2.11. The van der Waals surface area contributed by atoms with Crippen LogP contribution in [-0.4, -0.2) is 13.4 Å². The van der Waals surface area contributed by atoms with Gasteiger partial charge in [-0.05, 0) is 36.9 Å². The van der Waals surface area contributed by atoms with Crippen LogP contribution in [0.1, 0.15) is 11.3 Å². The average Bonchev–Trinajstić information content (AvgIpc) is 3.01. The molecule has 2 heterocycles. The second-order valence-corrected chi connectivity index (χ2v) is 7.50. The van der Waals surface area contributed by atoms with Crippen LogP contribution in [0.2, 0.25) is 0 Å². The van der Waals surface area contributed by atoms with E-state index in [-0.39, 0.29) is 0 Å². The predicted octanol–water partition coefficient (Wildman–Crippen LogP) is 3.65. The van der Waals surface area contributed by atoms with Crippen molar-refractivity contribution in [3.05, 3.63) is 47.0 Å². The largest absolute Gasteiger partial charge is 0.357 e. The molecule has 2 aromatic heterocycles. The third-order valence-corrected chi connectivity index (χ3v) is 6.11. The Labute approximate surface area is 121 Å². The van der Waals surface area contributed by atoms with E-state index in [1.165, 1.54) is 11.3 Å². The van der Waals surface area contributed by atoms with Crippen LogP contribution in [-0.2, 0) is 10.0 Å². The summed E-state index contributed by atoms with van der Waals surface area (Å²) in [5.74, 6) is 0. The van der Waals surface area contributed by atoms with E-state index in [9.17, 15) is 8.42 Å². The molecule has 6 heteroatoms. The topological polar surface area (TPSA) is 62.0 Å². The molecule has 0 unspecified atom stereocenters. The SMILES string of the molecule is Cc1[nH]c2c(NS(=O)(=O)c3cccs3)cccc2c1C. The number of hydrogen-bond donors (Lipinski definition) is 2. The fourth-order valence-corrected chi connectivity index (χ4v) is 4.24. The van der Waals surface area contributed by atoms with Crippen molar-refractivity contribution in [2.45, 2.75) is 18.1 Å². The summed E-state index contributed by atoms with van der Waals surface area (Å²) in [5, 5.41) is 2.78. The van der Waals surface area contributed by atoms with Crippen LogP contribution in [0.25, 0.3) is 10.9 Å². The van der Waals surface area contributed by atoms with Crippen LogP contribution < -0.4 is 4.72 Å². The smallest absolute Gasteiger partial charge is 0.271 e. The number of nitrogens with one attached hydrogen (secondary N) is 2. The van der Waals surface area contributed by atoms with E-state index in [1.54, 1.807) is 23.6 Å². The molecule has 0 radical (unpaired) electrons. The molecule has 0 saturated heterocycles. The lowest BCUT2D eigenvalue weighted by molar-refractivity contribution is 0.603. The molecule has 0 bridgehead atoms. The van der Waals surface area contributed by atoms with Gasteiger partial charge in [0.25, 0.3) is 10.0 Å². The summed E-state index contributed by atoms with van der Waals surface area (Å²) in [6, 6.07) is 8.93. The number of para-hydroxylation sites is 1. The summed E-state index contributed by atoms with van der Waals surface area (Å²) in [4.78, 5) is 3.24. The Kier molecular flexibility index (Phi) is 3.07. The van der Waals surface area contributed by atoms with Crippen LogP contribution in [0.4, 0.5) is 5.69 Å². The van der Waals surface area contributed by atoms with Crippen molar-refractivity contribution in [1.82, 2.24) is 4.98 Å². The molecule has 0 saturated carbocycles. The Morgan fingerprint density at radius 2 is 1.95 bits per heavy atom. The van der Waals surface area contributed by atoms with Gasteiger partial charge in [0.05, 0.1) is 11.2 Å². The van der Waals surface area contributed by atoms with E-state index in [0.717, 1.165) is 22.2 Å². The summed E-state index contributed by atoms with van der Waals surface area (Å²) < 4.78 is 27.5. The lowest BCUT2D eigenvalue weighted by atomic mass is 10.1. The quantitative estimate of drug-likeness (QED) is 0.776. The third-order valence-electron chi connectivity index (χ3n) is 3.35. The summed E-state index contributed by atoms with van der Waals surface area (Å²) in [7, 11) is -3.52. The first kappa shape index (κ1) is 13.2. The fraction of sp³-hybridized carbons (Fsp3) is 0.143. The van der Waals surface area contributed by atoms with Gasteiger partial charge in [0.2, 0.25) is 0 Å². The lowest BCUT2D eigenvalue weighted by Gasteiger charge is -2.07. The van der Waals surface area contributed by atoms with Gasteiger partial charge < -0.3 is 4.98 Å². The molecule has 0 aliphatic heterocycles. The van der Waals surface area contributed by atoms with Crippen molar-refractivity contribution >= 4 is 38.0 Å². The van der Waals surface area contributed by atoms with Crippen LogP contribution in [0.3, 0.4) is 0 Å². The minimum atomic E-state index is -3.52. The Hall–Kier alpha value is -1.79. The number of sulfonamides is 1. The van der Waals surface area contributed by atoms with E-state index in [0.29, 0.717) is 9.90 Å². The summed E-state index contributed by atoms with van der Waals surface area (Å²) in [6.07, 6.45) is 0. The maximum Gasteiger partial charge on any atom is 0.271 e. The number of thiophene rings is 1. The second kappa shape index (κ2) is 4.64. The minimum absolute atomic E-state index is 0.314. The Balaban J connectivity index is 2.10. The molecule has 2 N–H and O–H groups in total. The number of H-pyrrole nitrogens is 1. The van der Waals surface area contributed by atoms with Crippen molar-refractivity contribution < 1.29 is 8.42 Å². The molecule has 3 aromatic rings. The van der Waals surface area contributed by atoms with E-state index in [4.69, 9.17) is 0 Å². The number of anilines is 1. The predicted molar refractivity (Wildman–Crippen MR) is 82.9 cm³/mol. The van der Waals surface area contributed by atoms with E-state index >= 15 is 0 Å². The zero-order chi connectivity index (χ0) is 14.3. The highest BCUT2D eigenvalue weighted by Gasteiger charge is 2.17. The first-order chi connectivity index (χ1) is 9.49. The molecule has 20 heavy (non-hydrogen) atoms. The van der Waals surface area contributed by atoms with Crippen molar-refractivity contribution in [3.8, 4) is 0 Å². The van der Waals surface area contributed by atoms with Crippen molar-refractivity contribution in [2.24, 2.45) is 0 Å². The molecule has 0 fully saturated rings. The van der Waals surface area contributed by atoms with Crippen LogP contribution >= 0.6 is 11.3 Å². The number of aryl methyl sites for hydroxylation is 2. The Bertz CT molecular complexity index is 862. The number of rotatable bonds is 3. The molecular weight excluding hydrogens is 292 g/mol. The standard InChI is InChI=1S/C14H14N2O2S2/c1-9-10(2)15-14-11(9)5-3-6-12(14)16-20(17,18)13-7-4-8-19-13/h3-8,15-16H,1-2H3. The highest BCUT2D eigenvalue weighted by molar-refractivity contribution is 7.94. The fourth-order valence-electron chi connectivity index (χ4n) is 2.18. The van der Waals surface area contributed by atoms with E-state index in [1.807, 2.05) is 26.0 Å². The average molecular weight is 306 g/mol. The minimum Gasteiger partial charge on any atom is -0.357 e. The maximum atomic E-state index is 12.3. The number of aromatic nitrogens is 1. The van der Waals surface area contributed by atoms with Gasteiger partial charge in [0.15, 0.2) is 0 Å². The molecule has 104 valence electrons. The van der Waals surface area contributed by atoms with Gasteiger partial charge in [-0.2, -0.15) is 0 Å². The van der Waals surface area contributed by atoms with Gasteiger partial charge in [-0.1, -0.05) is 18.2 Å². The highest BCUT2D eigenvalue weighted by atomic mass is 32.2. The van der Waals surface area contributed by atoms with Gasteiger partial charge in [0.1, 0.15) is 4.21 Å². The number of aromatic amines is 1. The van der Waals surface area contributed by atoms with Crippen LogP contribution in [0.15, 0.2) is 39.9 Å². The third kappa shape index (κ3) is 2.10. The molecule has 0 atom stereocenters. The van der Waals surface area contributed by atoms with E-state index in [2.05, 4.69) is 9.71 Å². The molecule has 0 aliphatic rings. The Morgan fingerprint density at radius 1 is 1.15 bits per heavy atom. The van der Waals surface area contributed by atoms with Crippen molar-refractivity contribution in [3.63, 3.8) is 0 Å². The second-order valence-electron chi connectivity index (χ2n) is 4.64. The van der Waals surface area contributed by atoms with Gasteiger partial charge in [-0.3, -0.25) is 4.72 Å². The molecule has 1 aromatic carbocycles. The normalized spacial score (nSPS) is 11.9. The summed E-state index contributed by atoms with van der Waals surface area (Å²) in [5.41, 5.74) is 3.58. The number of fused-ring (bicyclic) bond motifs is 1. The molecule has 0 aliphatic carbocycles. The number of hydrogen-bond acceptors (Lipinski definition) is 3. The number of benzene rings is 1. The zero-order valence-corrected chi connectivity index (χ0v) is 12.7. The van der Waals surface area contributed by atoms with Gasteiger partial charge >= 0.3 is 0 Å². The zero-order valence-electron chi connectivity index (χ0n) is 11.1.